The molecule has 7 heteroatoms. The number of benzene rings is 2. The molecule has 0 amide bonds. The molecule has 0 aliphatic carbocycles. The topological polar surface area (TPSA) is 76.3 Å². The predicted molar refractivity (Wildman–Crippen MR) is 104 cm³/mol. The van der Waals surface area contributed by atoms with Gasteiger partial charge in [-0.1, -0.05) is 61.0 Å². The lowest BCUT2D eigenvalue weighted by Crippen LogP contribution is -2.26. The number of sulfonamides is 1. The monoisotopic (exact) mass is 385 g/mol. The molecule has 3 rings (SSSR count). The first-order valence-corrected chi connectivity index (χ1v) is 10.2. The molecule has 0 spiro atoms. The Kier molecular flexibility index (Phi) is 5.43. The molecule has 27 heavy (non-hydrogen) atoms. The number of rotatable bonds is 6. The van der Waals surface area contributed by atoms with Crippen molar-refractivity contribution >= 4 is 10.0 Å². The van der Waals surface area contributed by atoms with E-state index in [-0.39, 0.29) is 17.3 Å². The van der Waals surface area contributed by atoms with E-state index in [1.807, 2.05) is 43.3 Å². The van der Waals surface area contributed by atoms with Gasteiger partial charge in [0.25, 0.3) is 0 Å². The van der Waals surface area contributed by atoms with Crippen LogP contribution >= 0.6 is 0 Å². The van der Waals surface area contributed by atoms with E-state index in [9.17, 15) is 8.42 Å². The van der Waals surface area contributed by atoms with Crippen molar-refractivity contribution in [2.75, 3.05) is 7.05 Å². The summed E-state index contributed by atoms with van der Waals surface area (Å²) < 4.78 is 32.0. The highest BCUT2D eigenvalue weighted by Crippen LogP contribution is 2.21. The SMILES string of the molecule is Cc1ccc(-c2noc(CN(C)S(=O)(=O)c3ccc(C(C)C)cc3)n2)cc1. The van der Waals surface area contributed by atoms with Crippen LogP contribution in [-0.2, 0) is 16.6 Å². The van der Waals surface area contributed by atoms with Gasteiger partial charge in [0.1, 0.15) is 0 Å². The van der Waals surface area contributed by atoms with Crippen LogP contribution in [-0.4, -0.2) is 29.9 Å². The van der Waals surface area contributed by atoms with Crippen LogP contribution in [0.3, 0.4) is 0 Å². The minimum Gasteiger partial charge on any atom is -0.338 e. The molecule has 0 unspecified atom stereocenters. The van der Waals surface area contributed by atoms with Crippen LogP contribution in [0.25, 0.3) is 11.4 Å². The number of aromatic nitrogens is 2. The fraction of sp³-hybridized carbons (Fsp3) is 0.300. The zero-order valence-electron chi connectivity index (χ0n) is 15.9. The van der Waals surface area contributed by atoms with Crippen LogP contribution < -0.4 is 0 Å². The number of aryl methyl sites for hydroxylation is 1. The minimum absolute atomic E-state index is 0.00707. The molecule has 0 bridgehead atoms. The molecule has 142 valence electrons. The van der Waals surface area contributed by atoms with Gasteiger partial charge in [0, 0.05) is 12.6 Å². The molecule has 0 N–H and O–H groups in total. The third-order valence-electron chi connectivity index (χ3n) is 4.39. The maximum Gasteiger partial charge on any atom is 0.243 e. The lowest BCUT2D eigenvalue weighted by molar-refractivity contribution is 0.337. The highest BCUT2D eigenvalue weighted by molar-refractivity contribution is 7.89. The Bertz CT molecular complexity index is 1010. The van der Waals surface area contributed by atoms with E-state index in [4.69, 9.17) is 4.52 Å². The Hall–Kier alpha value is -2.51. The van der Waals surface area contributed by atoms with Crippen molar-refractivity contribution in [3.63, 3.8) is 0 Å². The lowest BCUT2D eigenvalue weighted by Gasteiger charge is -2.15. The van der Waals surface area contributed by atoms with Crippen LogP contribution in [0.1, 0.15) is 36.8 Å². The van der Waals surface area contributed by atoms with Gasteiger partial charge >= 0.3 is 0 Å². The van der Waals surface area contributed by atoms with Gasteiger partial charge < -0.3 is 4.52 Å². The van der Waals surface area contributed by atoms with Gasteiger partial charge in [-0.15, -0.1) is 0 Å². The second-order valence-corrected chi connectivity index (χ2v) is 8.91. The summed E-state index contributed by atoms with van der Waals surface area (Å²) in [4.78, 5) is 4.55. The van der Waals surface area contributed by atoms with E-state index < -0.39 is 10.0 Å². The summed E-state index contributed by atoms with van der Waals surface area (Å²) in [6.45, 7) is 6.14. The van der Waals surface area contributed by atoms with Gasteiger partial charge in [-0.3, -0.25) is 0 Å². The quantitative estimate of drug-likeness (QED) is 0.641. The van der Waals surface area contributed by atoms with Crippen LogP contribution in [0.4, 0.5) is 0 Å². The zero-order chi connectivity index (χ0) is 19.6. The maximum atomic E-state index is 12.8. The molecule has 1 aromatic heterocycles. The van der Waals surface area contributed by atoms with Crippen LogP contribution in [0, 0.1) is 6.92 Å². The summed E-state index contributed by atoms with van der Waals surface area (Å²) in [5.74, 6) is 1.03. The van der Waals surface area contributed by atoms with E-state index >= 15 is 0 Å². The van der Waals surface area contributed by atoms with Crippen molar-refractivity contribution in [3.05, 3.63) is 65.5 Å². The Morgan fingerprint density at radius 3 is 2.26 bits per heavy atom. The fourth-order valence-electron chi connectivity index (χ4n) is 2.62. The van der Waals surface area contributed by atoms with Crippen LogP contribution in [0.5, 0.6) is 0 Å². The smallest absolute Gasteiger partial charge is 0.243 e. The van der Waals surface area contributed by atoms with Crippen molar-refractivity contribution < 1.29 is 12.9 Å². The first-order chi connectivity index (χ1) is 12.8. The van der Waals surface area contributed by atoms with E-state index in [0.717, 1.165) is 16.7 Å². The van der Waals surface area contributed by atoms with Crippen molar-refractivity contribution in [2.45, 2.75) is 38.1 Å². The molecule has 0 saturated heterocycles. The third-order valence-corrected chi connectivity index (χ3v) is 6.21. The molecular weight excluding hydrogens is 362 g/mol. The summed E-state index contributed by atoms with van der Waals surface area (Å²) >= 11 is 0. The molecule has 6 nitrogen and oxygen atoms in total. The zero-order valence-corrected chi connectivity index (χ0v) is 16.7. The second-order valence-electron chi connectivity index (χ2n) is 6.86. The predicted octanol–water partition coefficient (Wildman–Crippen LogP) is 3.99. The molecule has 0 radical (unpaired) electrons. The average molecular weight is 385 g/mol. The van der Waals surface area contributed by atoms with Gasteiger partial charge in [0.15, 0.2) is 0 Å². The third kappa shape index (κ3) is 4.26. The lowest BCUT2D eigenvalue weighted by atomic mass is 10.0. The molecule has 3 aromatic rings. The van der Waals surface area contributed by atoms with E-state index in [2.05, 4.69) is 24.0 Å². The molecule has 0 saturated carbocycles. The minimum atomic E-state index is -3.64. The van der Waals surface area contributed by atoms with E-state index in [1.165, 1.54) is 11.4 Å². The van der Waals surface area contributed by atoms with Crippen LogP contribution in [0.15, 0.2) is 57.9 Å². The summed E-state index contributed by atoms with van der Waals surface area (Å²) in [7, 11) is -2.13. The van der Waals surface area contributed by atoms with Crippen molar-refractivity contribution in [1.82, 2.24) is 14.4 Å². The number of hydrogen-bond acceptors (Lipinski definition) is 5. The van der Waals surface area contributed by atoms with Crippen molar-refractivity contribution in [2.24, 2.45) is 0 Å². The Labute approximate surface area is 159 Å². The Morgan fingerprint density at radius 2 is 1.67 bits per heavy atom. The normalized spacial score (nSPS) is 12.1. The molecule has 0 aliphatic rings. The van der Waals surface area contributed by atoms with Crippen LogP contribution in [0.2, 0.25) is 0 Å². The second kappa shape index (κ2) is 7.62. The summed E-state index contributed by atoms with van der Waals surface area (Å²) in [5, 5.41) is 3.95. The summed E-state index contributed by atoms with van der Waals surface area (Å²) in [6.07, 6.45) is 0. The van der Waals surface area contributed by atoms with Gasteiger partial charge in [-0.05, 0) is 30.5 Å². The Balaban J connectivity index is 1.76. The summed E-state index contributed by atoms with van der Waals surface area (Å²) in [5.41, 5.74) is 3.05. The molecule has 0 fully saturated rings. The highest BCUT2D eigenvalue weighted by atomic mass is 32.2. The maximum absolute atomic E-state index is 12.8. The Morgan fingerprint density at radius 1 is 1.04 bits per heavy atom. The van der Waals surface area contributed by atoms with Crippen molar-refractivity contribution in [1.29, 1.82) is 0 Å². The van der Waals surface area contributed by atoms with Gasteiger partial charge in [-0.25, -0.2) is 8.42 Å². The fourth-order valence-corrected chi connectivity index (χ4v) is 3.74. The summed E-state index contributed by atoms with van der Waals surface area (Å²) in [6, 6.07) is 14.7. The van der Waals surface area contributed by atoms with E-state index in [0.29, 0.717) is 11.7 Å². The first kappa shape index (κ1) is 19.3. The van der Waals surface area contributed by atoms with Gasteiger partial charge in [0.2, 0.25) is 21.7 Å². The largest absolute Gasteiger partial charge is 0.338 e. The highest BCUT2D eigenvalue weighted by Gasteiger charge is 2.23. The number of hydrogen-bond donors (Lipinski definition) is 0. The molecule has 0 atom stereocenters. The standard InChI is InChI=1S/C20H23N3O3S/c1-14(2)16-9-11-18(12-10-16)27(24,25)23(4)13-19-21-20(22-26-19)17-7-5-15(3)6-8-17/h5-12,14H,13H2,1-4H3. The van der Waals surface area contributed by atoms with E-state index in [1.54, 1.807) is 12.1 Å². The average Bonchev–Trinajstić information content (AvgIpc) is 3.10. The molecular formula is C20H23N3O3S. The number of nitrogens with zero attached hydrogens (tertiary/aromatic N) is 3. The van der Waals surface area contributed by atoms with Crippen molar-refractivity contribution in [3.8, 4) is 11.4 Å². The van der Waals surface area contributed by atoms with Gasteiger partial charge in [0.05, 0.1) is 11.4 Å². The molecule has 0 aliphatic heterocycles. The first-order valence-electron chi connectivity index (χ1n) is 8.73. The molecule has 2 aromatic carbocycles. The van der Waals surface area contributed by atoms with Gasteiger partial charge in [-0.2, -0.15) is 9.29 Å². The molecule has 1 heterocycles.